The van der Waals surface area contributed by atoms with Gasteiger partial charge in [0.1, 0.15) is 0 Å². The average molecular weight is 281 g/mol. The highest BCUT2D eigenvalue weighted by atomic mass is 16.5. The second-order valence-electron chi connectivity index (χ2n) is 4.69. The monoisotopic (exact) mass is 281 g/mol. The van der Waals surface area contributed by atoms with Crippen LogP contribution in [0.15, 0.2) is 18.2 Å². The molecular formula is C15H23NO4. The van der Waals surface area contributed by atoms with E-state index in [9.17, 15) is 4.79 Å². The maximum Gasteiger partial charge on any atom is 0.251 e. The molecule has 1 N–H and O–H groups in total. The molecule has 1 amide bonds. The molecule has 5 heteroatoms. The van der Waals surface area contributed by atoms with Gasteiger partial charge in [-0.15, -0.1) is 0 Å². The van der Waals surface area contributed by atoms with Crippen molar-refractivity contribution in [1.82, 2.24) is 5.32 Å². The van der Waals surface area contributed by atoms with Gasteiger partial charge in [0.2, 0.25) is 0 Å². The van der Waals surface area contributed by atoms with Crippen LogP contribution in [0.4, 0.5) is 0 Å². The average Bonchev–Trinajstić information content (AvgIpc) is 2.42. The summed E-state index contributed by atoms with van der Waals surface area (Å²) in [5, 5.41) is 2.84. The van der Waals surface area contributed by atoms with E-state index in [1.54, 1.807) is 32.4 Å². The molecule has 0 aliphatic rings. The van der Waals surface area contributed by atoms with E-state index in [2.05, 4.69) is 5.32 Å². The number of carbonyl (C=O) groups is 1. The Morgan fingerprint density at radius 2 is 1.95 bits per heavy atom. The standard InChI is InChI=1S/C15H23NO4/c1-11(2)16-15(17)12-6-7-13(19-4)14(10-12)20-9-5-8-18-3/h6-7,10-11H,5,8-9H2,1-4H3,(H,16,17). The van der Waals surface area contributed by atoms with Crippen molar-refractivity contribution in [2.45, 2.75) is 26.3 Å². The van der Waals surface area contributed by atoms with Crippen LogP contribution in [-0.2, 0) is 4.74 Å². The molecule has 1 aromatic rings. The van der Waals surface area contributed by atoms with Gasteiger partial charge in [-0.2, -0.15) is 0 Å². The predicted octanol–water partition coefficient (Wildman–Crippen LogP) is 2.25. The second-order valence-corrected chi connectivity index (χ2v) is 4.69. The molecule has 112 valence electrons. The molecule has 0 heterocycles. The van der Waals surface area contributed by atoms with E-state index in [1.807, 2.05) is 13.8 Å². The van der Waals surface area contributed by atoms with Gasteiger partial charge in [-0.25, -0.2) is 0 Å². The number of benzene rings is 1. The maximum absolute atomic E-state index is 12.0. The predicted molar refractivity (Wildman–Crippen MR) is 77.6 cm³/mol. The van der Waals surface area contributed by atoms with Crippen LogP contribution >= 0.6 is 0 Å². The highest BCUT2D eigenvalue weighted by Gasteiger charge is 2.11. The van der Waals surface area contributed by atoms with Crippen molar-refractivity contribution in [2.75, 3.05) is 27.4 Å². The van der Waals surface area contributed by atoms with E-state index in [-0.39, 0.29) is 11.9 Å². The SMILES string of the molecule is COCCCOc1cc(C(=O)NC(C)C)ccc1OC. The van der Waals surface area contributed by atoms with Gasteiger partial charge in [-0.05, 0) is 32.0 Å². The first-order chi connectivity index (χ1) is 9.58. The van der Waals surface area contributed by atoms with Gasteiger partial charge in [0.25, 0.3) is 5.91 Å². The Morgan fingerprint density at radius 3 is 2.55 bits per heavy atom. The number of methoxy groups -OCH3 is 2. The summed E-state index contributed by atoms with van der Waals surface area (Å²) in [5.41, 5.74) is 0.557. The lowest BCUT2D eigenvalue weighted by molar-refractivity contribution is 0.0942. The van der Waals surface area contributed by atoms with Crippen molar-refractivity contribution in [3.05, 3.63) is 23.8 Å². The zero-order chi connectivity index (χ0) is 15.0. The number of ether oxygens (including phenoxy) is 3. The first kappa shape index (κ1) is 16.3. The normalized spacial score (nSPS) is 10.4. The minimum atomic E-state index is -0.121. The van der Waals surface area contributed by atoms with E-state index in [0.29, 0.717) is 30.3 Å². The molecule has 0 aromatic heterocycles. The summed E-state index contributed by atoms with van der Waals surface area (Å²) < 4.78 is 15.8. The van der Waals surface area contributed by atoms with Crippen LogP contribution in [0.2, 0.25) is 0 Å². The Balaban J connectivity index is 2.77. The van der Waals surface area contributed by atoms with E-state index in [4.69, 9.17) is 14.2 Å². The lowest BCUT2D eigenvalue weighted by Gasteiger charge is -2.13. The number of hydrogen-bond acceptors (Lipinski definition) is 4. The van der Waals surface area contributed by atoms with E-state index < -0.39 is 0 Å². The van der Waals surface area contributed by atoms with Crippen LogP contribution in [-0.4, -0.2) is 39.4 Å². The summed E-state index contributed by atoms with van der Waals surface area (Å²) in [5.74, 6) is 1.06. The fraction of sp³-hybridized carbons (Fsp3) is 0.533. The van der Waals surface area contributed by atoms with E-state index in [1.165, 1.54) is 0 Å². The highest BCUT2D eigenvalue weighted by molar-refractivity contribution is 5.95. The molecule has 0 spiro atoms. The lowest BCUT2D eigenvalue weighted by Crippen LogP contribution is -2.30. The third-order valence-electron chi connectivity index (χ3n) is 2.60. The molecule has 0 unspecified atom stereocenters. The van der Waals surface area contributed by atoms with Gasteiger partial charge in [-0.3, -0.25) is 4.79 Å². The Labute approximate surface area is 120 Å². The second kappa shape index (κ2) is 8.43. The van der Waals surface area contributed by atoms with Crippen LogP contribution in [0.5, 0.6) is 11.5 Å². The molecule has 0 saturated heterocycles. The lowest BCUT2D eigenvalue weighted by atomic mass is 10.1. The molecule has 0 bridgehead atoms. The van der Waals surface area contributed by atoms with Crippen LogP contribution in [0.1, 0.15) is 30.6 Å². The topological polar surface area (TPSA) is 56.8 Å². The maximum atomic E-state index is 12.0. The Kier molecular flexibility index (Phi) is 6.87. The zero-order valence-corrected chi connectivity index (χ0v) is 12.6. The number of hydrogen-bond donors (Lipinski definition) is 1. The molecule has 0 saturated carbocycles. The summed E-state index contributed by atoms with van der Waals surface area (Å²) in [4.78, 5) is 12.0. The molecule has 0 aliphatic carbocycles. The minimum absolute atomic E-state index is 0.0932. The van der Waals surface area contributed by atoms with Crippen LogP contribution in [0.25, 0.3) is 0 Å². The van der Waals surface area contributed by atoms with Crippen molar-refractivity contribution in [1.29, 1.82) is 0 Å². The van der Waals surface area contributed by atoms with Gasteiger partial charge in [0.05, 0.1) is 13.7 Å². The van der Waals surface area contributed by atoms with Crippen molar-refractivity contribution >= 4 is 5.91 Å². The summed E-state index contributed by atoms with van der Waals surface area (Å²) in [6.45, 7) is 4.99. The molecule has 0 radical (unpaired) electrons. The summed E-state index contributed by atoms with van der Waals surface area (Å²) >= 11 is 0. The molecule has 20 heavy (non-hydrogen) atoms. The zero-order valence-electron chi connectivity index (χ0n) is 12.6. The molecule has 5 nitrogen and oxygen atoms in total. The van der Waals surface area contributed by atoms with Gasteiger partial charge >= 0.3 is 0 Å². The van der Waals surface area contributed by atoms with Crippen LogP contribution in [0, 0.1) is 0 Å². The Bertz CT molecular complexity index is 432. The number of amides is 1. The number of nitrogens with one attached hydrogen (secondary N) is 1. The third kappa shape index (κ3) is 5.09. The van der Waals surface area contributed by atoms with Crippen molar-refractivity contribution in [3.63, 3.8) is 0 Å². The molecule has 0 atom stereocenters. The fourth-order valence-electron chi connectivity index (χ4n) is 1.66. The van der Waals surface area contributed by atoms with Gasteiger partial charge < -0.3 is 19.5 Å². The van der Waals surface area contributed by atoms with Gasteiger partial charge in [0.15, 0.2) is 11.5 Å². The van der Waals surface area contributed by atoms with Gasteiger partial charge in [-0.1, -0.05) is 0 Å². The summed E-state index contributed by atoms with van der Waals surface area (Å²) in [6.07, 6.45) is 0.780. The van der Waals surface area contributed by atoms with Crippen LogP contribution in [0.3, 0.4) is 0 Å². The molecule has 1 rings (SSSR count). The smallest absolute Gasteiger partial charge is 0.251 e. The first-order valence-electron chi connectivity index (χ1n) is 6.69. The fourth-order valence-corrected chi connectivity index (χ4v) is 1.66. The largest absolute Gasteiger partial charge is 0.493 e. The Hall–Kier alpha value is -1.75. The summed E-state index contributed by atoms with van der Waals surface area (Å²) in [7, 11) is 3.22. The molecular weight excluding hydrogens is 258 g/mol. The highest BCUT2D eigenvalue weighted by Crippen LogP contribution is 2.28. The third-order valence-corrected chi connectivity index (χ3v) is 2.60. The quantitative estimate of drug-likeness (QED) is 0.743. The summed E-state index contributed by atoms with van der Waals surface area (Å²) in [6, 6.07) is 5.25. The molecule has 0 aliphatic heterocycles. The van der Waals surface area contributed by atoms with Crippen molar-refractivity contribution in [2.24, 2.45) is 0 Å². The number of rotatable bonds is 8. The first-order valence-corrected chi connectivity index (χ1v) is 6.69. The number of carbonyl (C=O) groups excluding carboxylic acids is 1. The van der Waals surface area contributed by atoms with Gasteiger partial charge in [0, 0.05) is 31.7 Å². The van der Waals surface area contributed by atoms with E-state index >= 15 is 0 Å². The Morgan fingerprint density at radius 1 is 1.20 bits per heavy atom. The van der Waals surface area contributed by atoms with Crippen molar-refractivity contribution in [3.8, 4) is 11.5 Å². The molecule has 0 fully saturated rings. The van der Waals surface area contributed by atoms with Crippen molar-refractivity contribution < 1.29 is 19.0 Å². The van der Waals surface area contributed by atoms with E-state index in [0.717, 1.165) is 6.42 Å². The van der Waals surface area contributed by atoms with Crippen LogP contribution < -0.4 is 14.8 Å². The minimum Gasteiger partial charge on any atom is -0.493 e. The molecule has 1 aromatic carbocycles.